The molecule has 1 aliphatic heterocycles. The molecule has 86 valence electrons. The van der Waals surface area contributed by atoms with E-state index in [-0.39, 0.29) is 0 Å². The van der Waals surface area contributed by atoms with Gasteiger partial charge in [0.15, 0.2) is 0 Å². The highest BCUT2D eigenvalue weighted by molar-refractivity contribution is 7.09. The van der Waals surface area contributed by atoms with Gasteiger partial charge in [0.1, 0.15) is 11.6 Å². The molecular formula is C10H15N5S. The van der Waals surface area contributed by atoms with E-state index in [4.69, 9.17) is 5.73 Å². The molecule has 0 aromatic carbocycles. The second-order valence-electron chi connectivity index (χ2n) is 4.30. The fourth-order valence-electron chi connectivity index (χ4n) is 2.25. The maximum atomic E-state index is 5.66. The SMILES string of the molecule is NC1=CCN(c2nc(C3CCCC3)ns2)N1. The number of rotatable bonds is 2. The standard InChI is InChI=1S/C10H15N5S/c11-8-5-6-15(13-8)10-12-9(14-16-10)7-3-1-2-4-7/h5,7,13H,1-4,6,11H2. The van der Waals surface area contributed by atoms with Gasteiger partial charge in [-0.25, -0.2) is 4.98 Å². The number of nitrogens with zero attached hydrogens (tertiary/aromatic N) is 3. The second kappa shape index (κ2) is 3.93. The third-order valence-corrected chi connectivity index (χ3v) is 3.89. The van der Waals surface area contributed by atoms with Gasteiger partial charge in [0.25, 0.3) is 0 Å². The molecule has 0 unspecified atom stereocenters. The van der Waals surface area contributed by atoms with Gasteiger partial charge in [0.05, 0.1) is 6.54 Å². The monoisotopic (exact) mass is 237 g/mol. The van der Waals surface area contributed by atoms with Crippen LogP contribution in [0.5, 0.6) is 0 Å². The average Bonchev–Trinajstić information content (AvgIpc) is 2.97. The zero-order chi connectivity index (χ0) is 11.0. The molecule has 1 aliphatic carbocycles. The van der Waals surface area contributed by atoms with E-state index in [1.807, 2.05) is 11.1 Å². The first-order valence-corrected chi connectivity index (χ1v) is 6.44. The lowest BCUT2D eigenvalue weighted by molar-refractivity contribution is 0.677. The number of nitrogens with one attached hydrogen (secondary N) is 1. The van der Waals surface area contributed by atoms with E-state index in [1.54, 1.807) is 0 Å². The molecule has 1 aromatic heterocycles. The van der Waals surface area contributed by atoms with Gasteiger partial charge in [0.2, 0.25) is 5.13 Å². The van der Waals surface area contributed by atoms with Gasteiger partial charge in [-0.3, -0.25) is 10.4 Å². The van der Waals surface area contributed by atoms with E-state index in [2.05, 4.69) is 14.8 Å². The van der Waals surface area contributed by atoms with Crippen LogP contribution in [0.1, 0.15) is 37.4 Å². The summed E-state index contributed by atoms with van der Waals surface area (Å²) in [6.45, 7) is 0.769. The molecule has 1 saturated carbocycles. The molecule has 0 saturated heterocycles. The lowest BCUT2D eigenvalue weighted by Gasteiger charge is -2.14. The number of hydrogen-bond donors (Lipinski definition) is 2. The molecule has 0 atom stereocenters. The molecule has 0 spiro atoms. The van der Waals surface area contributed by atoms with Crippen LogP contribution in [0.25, 0.3) is 0 Å². The topological polar surface area (TPSA) is 67.1 Å². The molecule has 3 rings (SSSR count). The van der Waals surface area contributed by atoms with E-state index in [0.29, 0.717) is 11.7 Å². The average molecular weight is 237 g/mol. The molecule has 0 bridgehead atoms. The molecule has 0 amide bonds. The predicted molar refractivity (Wildman–Crippen MR) is 63.9 cm³/mol. The van der Waals surface area contributed by atoms with Crippen LogP contribution in [0.2, 0.25) is 0 Å². The van der Waals surface area contributed by atoms with Gasteiger partial charge >= 0.3 is 0 Å². The first-order chi connectivity index (χ1) is 7.83. The Bertz CT molecular complexity index is 407. The van der Waals surface area contributed by atoms with Gasteiger partial charge in [-0.05, 0) is 18.9 Å². The fourth-order valence-corrected chi connectivity index (χ4v) is 2.97. The Kier molecular flexibility index (Phi) is 2.43. The van der Waals surface area contributed by atoms with Gasteiger partial charge in [-0.1, -0.05) is 12.8 Å². The van der Waals surface area contributed by atoms with Gasteiger partial charge in [-0.15, -0.1) is 0 Å². The van der Waals surface area contributed by atoms with Gasteiger partial charge < -0.3 is 5.73 Å². The summed E-state index contributed by atoms with van der Waals surface area (Å²) in [5.41, 5.74) is 8.71. The van der Waals surface area contributed by atoms with E-state index in [0.717, 1.165) is 17.5 Å². The second-order valence-corrected chi connectivity index (χ2v) is 5.03. The van der Waals surface area contributed by atoms with E-state index in [9.17, 15) is 0 Å². The molecule has 2 heterocycles. The molecule has 16 heavy (non-hydrogen) atoms. The van der Waals surface area contributed by atoms with Crippen LogP contribution in [-0.4, -0.2) is 15.9 Å². The largest absolute Gasteiger partial charge is 0.384 e. The van der Waals surface area contributed by atoms with Crippen molar-refractivity contribution < 1.29 is 0 Å². The molecule has 1 aromatic rings. The predicted octanol–water partition coefficient (Wildman–Crippen LogP) is 1.32. The Labute approximate surface area is 98.5 Å². The lowest BCUT2D eigenvalue weighted by atomic mass is 10.1. The van der Waals surface area contributed by atoms with Crippen molar-refractivity contribution in [3.63, 3.8) is 0 Å². The quantitative estimate of drug-likeness (QED) is 0.812. The van der Waals surface area contributed by atoms with E-state index < -0.39 is 0 Å². The van der Waals surface area contributed by atoms with Crippen molar-refractivity contribution in [2.24, 2.45) is 5.73 Å². The van der Waals surface area contributed by atoms with Crippen LogP contribution in [0.15, 0.2) is 11.9 Å². The molecule has 1 fully saturated rings. The van der Waals surface area contributed by atoms with Crippen molar-refractivity contribution in [2.45, 2.75) is 31.6 Å². The number of hydrogen-bond acceptors (Lipinski definition) is 6. The van der Waals surface area contributed by atoms with Crippen LogP contribution in [-0.2, 0) is 0 Å². The van der Waals surface area contributed by atoms with Crippen molar-refractivity contribution in [1.29, 1.82) is 0 Å². The Hall–Kier alpha value is -1.30. The molecule has 2 aliphatic rings. The number of nitrogens with two attached hydrogens (primary N) is 1. The van der Waals surface area contributed by atoms with Crippen molar-refractivity contribution in [1.82, 2.24) is 14.8 Å². The van der Waals surface area contributed by atoms with Crippen LogP contribution in [0.3, 0.4) is 0 Å². The maximum absolute atomic E-state index is 5.66. The number of anilines is 1. The molecule has 0 radical (unpaired) electrons. The zero-order valence-corrected chi connectivity index (χ0v) is 9.83. The highest BCUT2D eigenvalue weighted by Crippen LogP contribution is 2.34. The minimum Gasteiger partial charge on any atom is -0.384 e. The van der Waals surface area contributed by atoms with E-state index >= 15 is 0 Å². The number of hydrazine groups is 1. The zero-order valence-electron chi connectivity index (χ0n) is 9.02. The Balaban J connectivity index is 1.72. The van der Waals surface area contributed by atoms with Crippen LogP contribution in [0, 0.1) is 0 Å². The summed E-state index contributed by atoms with van der Waals surface area (Å²) in [6.07, 6.45) is 7.05. The van der Waals surface area contributed by atoms with Crippen molar-refractivity contribution in [3.05, 3.63) is 17.7 Å². The normalized spacial score (nSPS) is 21.2. The highest BCUT2D eigenvalue weighted by Gasteiger charge is 2.23. The fraction of sp³-hybridized carbons (Fsp3) is 0.600. The Morgan fingerprint density at radius 3 is 2.94 bits per heavy atom. The van der Waals surface area contributed by atoms with Crippen molar-refractivity contribution in [3.8, 4) is 0 Å². The lowest BCUT2D eigenvalue weighted by Crippen LogP contribution is -2.33. The summed E-state index contributed by atoms with van der Waals surface area (Å²) >= 11 is 1.45. The Morgan fingerprint density at radius 2 is 2.25 bits per heavy atom. The molecular weight excluding hydrogens is 222 g/mol. The molecule has 6 heteroatoms. The van der Waals surface area contributed by atoms with Crippen LogP contribution < -0.4 is 16.2 Å². The third kappa shape index (κ3) is 1.73. The Morgan fingerprint density at radius 1 is 1.44 bits per heavy atom. The molecule has 3 N–H and O–H groups in total. The van der Waals surface area contributed by atoms with Crippen molar-refractivity contribution in [2.75, 3.05) is 11.6 Å². The smallest absolute Gasteiger partial charge is 0.224 e. The third-order valence-electron chi connectivity index (χ3n) is 3.14. The van der Waals surface area contributed by atoms with Gasteiger partial charge in [0, 0.05) is 17.5 Å². The van der Waals surface area contributed by atoms with Crippen LogP contribution >= 0.6 is 11.5 Å². The highest BCUT2D eigenvalue weighted by atomic mass is 32.1. The van der Waals surface area contributed by atoms with E-state index in [1.165, 1.54) is 37.2 Å². The summed E-state index contributed by atoms with van der Waals surface area (Å²) in [5.74, 6) is 2.29. The summed E-state index contributed by atoms with van der Waals surface area (Å²) in [5, 5.41) is 2.85. The van der Waals surface area contributed by atoms with Gasteiger partial charge in [-0.2, -0.15) is 4.37 Å². The number of aromatic nitrogens is 2. The summed E-state index contributed by atoms with van der Waals surface area (Å²) in [6, 6.07) is 0. The molecule has 5 nitrogen and oxygen atoms in total. The van der Waals surface area contributed by atoms with Crippen molar-refractivity contribution >= 4 is 16.7 Å². The first-order valence-electron chi connectivity index (χ1n) is 5.66. The minimum atomic E-state index is 0.581. The summed E-state index contributed by atoms with van der Waals surface area (Å²) < 4.78 is 4.45. The summed E-state index contributed by atoms with van der Waals surface area (Å²) in [7, 11) is 0. The maximum Gasteiger partial charge on any atom is 0.224 e. The first kappa shape index (κ1) is 9.89. The van der Waals surface area contributed by atoms with Crippen LogP contribution in [0.4, 0.5) is 5.13 Å². The minimum absolute atomic E-state index is 0.581. The summed E-state index contributed by atoms with van der Waals surface area (Å²) in [4.78, 5) is 4.59.